The van der Waals surface area contributed by atoms with Gasteiger partial charge in [0, 0.05) is 5.02 Å². The topological polar surface area (TPSA) is 39.2 Å². The second-order valence-electron chi connectivity index (χ2n) is 4.75. The number of carbonyl (C=O) groups is 1. The van der Waals surface area contributed by atoms with Crippen LogP contribution in [0.5, 0.6) is 0 Å². The summed E-state index contributed by atoms with van der Waals surface area (Å²) in [5, 5.41) is 0.233. The minimum Gasteiger partial charge on any atom is -0.465 e. The molecule has 0 fully saturated rings. The van der Waals surface area contributed by atoms with Gasteiger partial charge in [0.25, 0.3) is 0 Å². The number of hydrogen-bond acceptors (Lipinski definition) is 5. The Balaban J connectivity index is 1.91. The van der Waals surface area contributed by atoms with Crippen LogP contribution in [0.3, 0.4) is 0 Å². The summed E-state index contributed by atoms with van der Waals surface area (Å²) in [5.74, 6) is -0.249. The zero-order chi connectivity index (χ0) is 16.2. The average molecular weight is 364 g/mol. The number of ether oxygens (including phenoxy) is 1. The van der Waals surface area contributed by atoms with Crippen LogP contribution >= 0.6 is 34.7 Å². The maximum absolute atomic E-state index is 12.3. The number of fused-ring (bicyclic) bond motifs is 1. The molecular weight excluding hydrogens is 350 g/mol. The van der Waals surface area contributed by atoms with Crippen molar-refractivity contribution in [1.29, 1.82) is 0 Å². The molecule has 6 heteroatoms. The molecule has 0 aliphatic rings. The molecule has 118 valence electrons. The van der Waals surface area contributed by atoms with Crippen molar-refractivity contribution in [3.63, 3.8) is 0 Å². The lowest BCUT2D eigenvalue weighted by atomic mass is 10.1. The highest BCUT2D eigenvalue weighted by atomic mass is 35.5. The SMILES string of the molecule is CCOC(=O)C(Sc1nc2cc(Cl)ccc2s1)c1ccccc1. The van der Waals surface area contributed by atoms with Crippen molar-refractivity contribution in [3.05, 3.63) is 59.1 Å². The summed E-state index contributed by atoms with van der Waals surface area (Å²) in [6, 6.07) is 15.2. The molecule has 1 atom stereocenters. The molecule has 0 saturated heterocycles. The van der Waals surface area contributed by atoms with Crippen molar-refractivity contribution in [2.75, 3.05) is 6.61 Å². The van der Waals surface area contributed by atoms with Gasteiger partial charge in [-0.15, -0.1) is 11.3 Å². The smallest absolute Gasteiger partial charge is 0.324 e. The van der Waals surface area contributed by atoms with Crippen molar-refractivity contribution in [2.45, 2.75) is 16.5 Å². The Hall–Kier alpha value is -1.56. The van der Waals surface area contributed by atoms with Crippen molar-refractivity contribution < 1.29 is 9.53 Å². The molecule has 0 spiro atoms. The number of thiazole rings is 1. The first-order valence-electron chi connectivity index (χ1n) is 7.11. The third-order valence-electron chi connectivity index (χ3n) is 3.15. The fraction of sp³-hybridized carbons (Fsp3) is 0.176. The van der Waals surface area contributed by atoms with E-state index in [0.29, 0.717) is 11.6 Å². The number of carbonyl (C=O) groups excluding carboxylic acids is 1. The largest absolute Gasteiger partial charge is 0.465 e. The van der Waals surface area contributed by atoms with Crippen LogP contribution in [0.4, 0.5) is 0 Å². The summed E-state index contributed by atoms with van der Waals surface area (Å²) < 4.78 is 7.09. The molecule has 3 rings (SSSR count). The lowest BCUT2D eigenvalue weighted by Gasteiger charge is -2.13. The molecular formula is C17H14ClNO2S2. The second kappa shape index (κ2) is 7.34. The number of nitrogens with zero attached hydrogens (tertiary/aromatic N) is 1. The van der Waals surface area contributed by atoms with Crippen molar-refractivity contribution >= 4 is 50.9 Å². The van der Waals surface area contributed by atoms with Crippen LogP contribution < -0.4 is 0 Å². The fourth-order valence-corrected chi connectivity index (χ4v) is 4.53. The van der Waals surface area contributed by atoms with E-state index in [1.807, 2.05) is 55.5 Å². The molecule has 0 saturated carbocycles. The Morgan fingerprint density at radius 1 is 1.30 bits per heavy atom. The first-order chi connectivity index (χ1) is 11.2. The standard InChI is InChI=1S/C17H14ClNO2S2/c1-2-21-16(20)15(11-6-4-3-5-7-11)23-17-19-13-10-12(18)8-9-14(13)22-17/h3-10,15H,2H2,1H3. The lowest BCUT2D eigenvalue weighted by molar-refractivity contribution is -0.142. The highest BCUT2D eigenvalue weighted by Crippen LogP contribution is 2.40. The molecule has 1 aromatic heterocycles. The zero-order valence-corrected chi connectivity index (χ0v) is 14.8. The van der Waals surface area contributed by atoms with Gasteiger partial charge in [-0.3, -0.25) is 4.79 Å². The predicted molar refractivity (Wildman–Crippen MR) is 96.3 cm³/mol. The summed E-state index contributed by atoms with van der Waals surface area (Å²) in [5.41, 5.74) is 1.76. The van der Waals surface area contributed by atoms with Gasteiger partial charge in [0.05, 0.1) is 16.8 Å². The van der Waals surface area contributed by atoms with E-state index in [4.69, 9.17) is 16.3 Å². The Labute approximate surface area is 147 Å². The lowest BCUT2D eigenvalue weighted by Crippen LogP contribution is -2.13. The predicted octanol–water partition coefficient (Wildman–Crippen LogP) is 5.35. The van der Waals surface area contributed by atoms with Crippen molar-refractivity contribution in [2.24, 2.45) is 0 Å². The number of benzene rings is 2. The van der Waals surface area contributed by atoms with Crippen molar-refractivity contribution in [3.8, 4) is 0 Å². The van der Waals surface area contributed by atoms with Gasteiger partial charge in [0.1, 0.15) is 5.25 Å². The highest BCUT2D eigenvalue weighted by molar-refractivity contribution is 8.02. The van der Waals surface area contributed by atoms with Gasteiger partial charge < -0.3 is 4.74 Å². The quantitative estimate of drug-likeness (QED) is 0.452. The number of halogens is 1. The Bertz CT molecular complexity index is 820. The number of aromatic nitrogens is 1. The molecule has 23 heavy (non-hydrogen) atoms. The summed E-state index contributed by atoms with van der Waals surface area (Å²) in [7, 11) is 0. The first-order valence-corrected chi connectivity index (χ1v) is 9.19. The molecule has 3 aromatic rings. The number of thioether (sulfide) groups is 1. The van der Waals surface area contributed by atoms with E-state index in [1.54, 1.807) is 11.3 Å². The van der Waals surface area contributed by atoms with Gasteiger partial charge in [0.15, 0.2) is 4.34 Å². The van der Waals surface area contributed by atoms with Crippen molar-refractivity contribution in [1.82, 2.24) is 4.98 Å². The van der Waals surface area contributed by atoms with Gasteiger partial charge in [-0.1, -0.05) is 53.7 Å². The van der Waals surface area contributed by atoms with Crippen LogP contribution in [0.1, 0.15) is 17.7 Å². The molecule has 1 unspecified atom stereocenters. The van der Waals surface area contributed by atoms with Crippen LogP contribution in [-0.2, 0) is 9.53 Å². The summed E-state index contributed by atoms with van der Waals surface area (Å²) in [6.45, 7) is 2.17. The van der Waals surface area contributed by atoms with Gasteiger partial charge in [-0.2, -0.15) is 0 Å². The molecule has 0 bridgehead atoms. The van der Waals surface area contributed by atoms with Crippen LogP contribution in [0.25, 0.3) is 10.2 Å². The number of hydrogen-bond donors (Lipinski definition) is 0. The zero-order valence-electron chi connectivity index (χ0n) is 12.4. The number of esters is 1. The van der Waals surface area contributed by atoms with E-state index in [-0.39, 0.29) is 5.97 Å². The van der Waals surface area contributed by atoms with E-state index in [1.165, 1.54) is 11.8 Å². The fourth-order valence-electron chi connectivity index (χ4n) is 2.13. The maximum Gasteiger partial charge on any atom is 0.324 e. The first kappa shape index (κ1) is 16.3. The molecule has 0 N–H and O–H groups in total. The minimum absolute atomic E-state index is 0.249. The Morgan fingerprint density at radius 3 is 2.83 bits per heavy atom. The van der Waals surface area contributed by atoms with Crippen LogP contribution in [0.15, 0.2) is 52.9 Å². The van der Waals surface area contributed by atoms with E-state index in [0.717, 1.165) is 20.1 Å². The van der Waals surface area contributed by atoms with Gasteiger partial charge in [-0.05, 0) is 30.7 Å². The molecule has 3 nitrogen and oxygen atoms in total. The summed E-state index contributed by atoms with van der Waals surface area (Å²) in [4.78, 5) is 16.9. The molecule has 2 aromatic carbocycles. The Morgan fingerprint density at radius 2 is 2.09 bits per heavy atom. The minimum atomic E-state index is -0.424. The third kappa shape index (κ3) is 3.86. The Kier molecular flexibility index (Phi) is 5.20. The number of rotatable bonds is 5. The van der Waals surface area contributed by atoms with Gasteiger partial charge >= 0.3 is 5.97 Å². The molecule has 1 heterocycles. The molecule has 0 radical (unpaired) electrons. The van der Waals surface area contributed by atoms with Gasteiger partial charge in [-0.25, -0.2) is 4.98 Å². The average Bonchev–Trinajstić information content (AvgIpc) is 2.95. The second-order valence-corrected chi connectivity index (χ2v) is 7.57. The third-order valence-corrected chi connectivity index (χ3v) is 5.75. The van der Waals surface area contributed by atoms with E-state index in [9.17, 15) is 4.79 Å². The maximum atomic E-state index is 12.3. The summed E-state index contributed by atoms with van der Waals surface area (Å²) >= 11 is 8.97. The van der Waals surface area contributed by atoms with E-state index >= 15 is 0 Å². The highest BCUT2D eigenvalue weighted by Gasteiger charge is 2.24. The normalized spacial score (nSPS) is 12.3. The van der Waals surface area contributed by atoms with Gasteiger partial charge in [0.2, 0.25) is 0 Å². The van der Waals surface area contributed by atoms with Crippen LogP contribution in [-0.4, -0.2) is 17.6 Å². The van der Waals surface area contributed by atoms with Crippen LogP contribution in [0.2, 0.25) is 5.02 Å². The molecule has 0 aliphatic carbocycles. The van der Waals surface area contributed by atoms with E-state index in [2.05, 4.69) is 4.98 Å². The molecule has 0 amide bonds. The summed E-state index contributed by atoms with van der Waals surface area (Å²) in [6.07, 6.45) is 0. The van der Waals surface area contributed by atoms with E-state index < -0.39 is 5.25 Å². The monoisotopic (exact) mass is 363 g/mol. The van der Waals surface area contributed by atoms with Crippen LogP contribution in [0, 0.1) is 0 Å². The molecule has 0 aliphatic heterocycles.